The summed E-state index contributed by atoms with van der Waals surface area (Å²) in [7, 11) is 0. The summed E-state index contributed by atoms with van der Waals surface area (Å²) in [5.41, 5.74) is 2.51. The lowest BCUT2D eigenvalue weighted by Gasteiger charge is -2.05. The summed E-state index contributed by atoms with van der Waals surface area (Å²) in [6.07, 6.45) is 1.42. The van der Waals surface area contributed by atoms with Crippen molar-refractivity contribution in [2.45, 2.75) is 12.8 Å². The van der Waals surface area contributed by atoms with Crippen molar-refractivity contribution >= 4 is 11.6 Å². The van der Waals surface area contributed by atoms with Crippen molar-refractivity contribution in [2.24, 2.45) is 0 Å². The van der Waals surface area contributed by atoms with Gasteiger partial charge in [-0.25, -0.2) is 14.1 Å². The molecule has 29 heavy (non-hydrogen) atoms. The van der Waals surface area contributed by atoms with E-state index in [-0.39, 0.29) is 11.6 Å². The molecule has 1 aromatic heterocycles. The molecule has 0 spiro atoms. The van der Waals surface area contributed by atoms with Gasteiger partial charge in [0.15, 0.2) is 0 Å². The number of hydrogen-bond donors (Lipinski definition) is 1. The van der Waals surface area contributed by atoms with Gasteiger partial charge in [-0.05, 0) is 48.4 Å². The number of carbonyl (C=O) groups is 1. The molecule has 4 rings (SSSR count). The van der Waals surface area contributed by atoms with Crippen molar-refractivity contribution in [3.8, 4) is 5.69 Å². The molecule has 0 radical (unpaired) electrons. The number of aromatic nitrogens is 3. The molecule has 0 fully saturated rings. The third kappa shape index (κ3) is 4.55. The number of rotatable bonds is 6. The van der Waals surface area contributed by atoms with Gasteiger partial charge in [0.05, 0.1) is 5.69 Å². The van der Waals surface area contributed by atoms with Gasteiger partial charge in [-0.1, -0.05) is 48.5 Å². The van der Waals surface area contributed by atoms with Crippen LogP contribution in [0.2, 0.25) is 0 Å². The van der Waals surface area contributed by atoms with Crippen LogP contribution in [0.1, 0.15) is 22.0 Å². The van der Waals surface area contributed by atoms with Gasteiger partial charge in [0.2, 0.25) is 5.82 Å². The van der Waals surface area contributed by atoms with E-state index in [4.69, 9.17) is 0 Å². The Morgan fingerprint density at radius 3 is 2.21 bits per heavy atom. The number of aryl methyl sites for hydroxylation is 2. The standard InChI is InChI=1S/C23H19FN4O/c24-18-12-14-19(15-13-18)25-23(29)22-26-21(16-11-17-7-3-1-4-8-17)28(27-22)20-9-5-2-6-10-20/h1-10,12-15H,11,16H2,(H,25,29). The quantitative estimate of drug-likeness (QED) is 0.533. The fourth-order valence-corrected chi connectivity index (χ4v) is 3.00. The molecule has 0 saturated heterocycles. The van der Waals surface area contributed by atoms with Crippen LogP contribution in [-0.4, -0.2) is 20.7 Å². The average Bonchev–Trinajstić information content (AvgIpc) is 3.20. The number of anilines is 1. The van der Waals surface area contributed by atoms with Gasteiger partial charge in [0.25, 0.3) is 5.91 Å². The molecule has 5 nitrogen and oxygen atoms in total. The van der Waals surface area contributed by atoms with Gasteiger partial charge in [0, 0.05) is 12.1 Å². The highest BCUT2D eigenvalue weighted by molar-refractivity contribution is 6.01. The first-order chi connectivity index (χ1) is 14.2. The Balaban J connectivity index is 1.60. The van der Waals surface area contributed by atoms with Crippen molar-refractivity contribution in [1.82, 2.24) is 14.8 Å². The van der Waals surface area contributed by atoms with Crippen molar-refractivity contribution in [3.05, 3.63) is 108 Å². The zero-order valence-electron chi connectivity index (χ0n) is 15.6. The molecular formula is C23H19FN4O. The normalized spacial score (nSPS) is 10.7. The summed E-state index contributed by atoms with van der Waals surface area (Å²) in [6.45, 7) is 0. The van der Waals surface area contributed by atoms with Crippen LogP contribution in [-0.2, 0) is 12.8 Å². The van der Waals surface area contributed by atoms with Gasteiger partial charge in [-0.3, -0.25) is 4.79 Å². The van der Waals surface area contributed by atoms with Crippen LogP contribution in [0, 0.1) is 5.82 Å². The molecule has 0 bridgehead atoms. The van der Waals surface area contributed by atoms with E-state index in [0.717, 1.165) is 12.1 Å². The molecule has 1 heterocycles. The summed E-state index contributed by atoms with van der Waals surface area (Å²) < 4.78 is 14.8. The second-order valence-electron chi connectivity index (χ2n) is 6.55. The van der Waals surface area contributed by atoms with E-state index in [2.05, 4.69) is 27.5 Å². The minimum absolute atomic E-state index is 0.0706. The van der Waals surface area contributed by atoms with Gasteiger partial charge in [-0.15, -0.1) is 5.10 Å². The molecule has 3 aromatic carbocycles. The minimum Gasteiger partial charge on any atom is -0.319 e. The number of nitrogens with one attached hydrogen (secondary N) is 1. The monoisotopic (exact) mass is 386 g/mol. The van der Waals surface area contributed by atoms with Gasteiger partial charge in [0.1, 0.15) is 11.6 Å². The van der Waals surface area contributed by atoms with E-state index < -0.39 is 5.91 Å². The minimum atomic E-state index is -0.438. The number of halogens is 1. The molecule has 0 aliphatic carbocycles. The van der Waals surface area contributed by atoms with Crippen LogP contribution >= 0.6 is 0 Å². The Morgan fingerprint density at radius 1 is 0.862 bits per heavy atom. The molecule has 0 saturated carbocycles. The lowest BCUT2D eigenvalue weighted by molar-refractivity contribution is 0.101. The Hall–Kier alpha value is -3.80. The summed E-state index contributed by atoms with van der Waals surface area (Å²) in [6, 6.07) is 25.3. The van der Waals surface area contributed by atoms with Crippen molar-refractivity contribution in [1.29, 1.82) is 0 Å². The van der Waals surface area contributed by atoms with Crippen LogP contribution in [0.3, 0.4) is 0 Å². The van der Waals surface area contributed by atoms with E-state index in [1.807, 2.05) is 48.5 Å². The Kier molecular flexibility index (Phi) is 5.42. The van der Waals surface area contributed by atoms with Gasteiger partial charge in [-0.2, -0.15) is 0 Å². The second-order valence-corrected chi connectivity index (χ2v) is 6.55. The maximum Gasteiger partial charge on any atom is 0.295 e. The van der Waals surface area contributed by atoms with Crippen LogP contribution in [0.15, 0.2) is 84.9 Å². The van der Waals surface area contributed by atoms with E-state index in [0.29, 0.717) is 17.9 Å². The molecule has 4 aromatic rings. The summed E-state index contributed by atoms with van der Waals surface area (Å²) >= 11 is 0. The number of para-hydroxylation sites is 1. The van der Waals surface area contributed by atoms with Gasteiger partial charge >= 0.3 is 0 Å². The Labute approximate surface area is 167 Å². The van der Waals surface area contributed by atoms with E-state index in [1.54, 1.807) is 4.68 Å². The summed E-state index contributed by atoms with van der Waals surface area (Å²) in [5.74, 6) is -0.0320. The molecule has 0 aliphatic rings. The summed E-state index contributed by atoms with van der Waals surface area (Å²) in [4.78, 5) is 17.1. The number of carbonyl (C=O) groups excluding carboxylic acids is 1. The SMILES string of the molecule is O=C(Nc1ccc(F)cc1)c1nc(CCc2ccccc2)n(-c2ccccc2)n1. The molecule has 1 N–H and O–H groups in total. The summed E-state index contributed by atoms with van der Waals surface area (Å²) in [5, 5.41) is 7.13. The van der Waals surface area contributed by atoms with Crippen LogP contribution < -0.4 is 5.32 Å². The Morgan fingerprint density at radius 2 is 1.52 bits per heavy atom. The maximum absolute atomic E-state index is 13.1. The lowest BCUT2D eigenvalue weighted by Crippen LogP contribution is -2.14. The zero-order valence-corrected chi connectivity index (χ0v) is 15.6. The third-order valence-corrected chi connectivity index (χ3v) is 4.46. The third-order valence-electron chi connectivity index (χ3n) is 4.46. The molecule has 1 amide bonds. The van der Waals surface area contributed by atoms with Crippen molar-refractivity contribution in [2.75, 3.05) is 5.32 Å². The molecule has 0 unspecified atom stereocenters. The maximum atomic E-state index is 13.1. The highest BCUT2D eigenvalue weighted by Crippen LogP contribution is 2.14. The molecule has 6 heteroatoms. The highest BCUT2D eigenvalue weighted by atomic mass is 19.1. The Bertz CT molecular complexity index is 1090. The smallest absolute Gasteiger partial charge is 0.295 e. The fraction of sp³-hybridized carbons (Fsp3) is 0.0870. The number of hydrogen-bond acceptors (Lipinski definition) is 3. The van der Waals surface area contributed by atoms with Gasteiger partial charge < -0.3 is 5.32 Å². The lowest BCUT2D eigenvalue weighted by atomic mass is 10.1. The first-order valence-electron chi connectivity index (χ1n) is 9.31. The highest BCUT2D eigenvalue weighted by Gasteiger charge is 2.17. The number of benzene rings is 3. The second kappa shape index (κ2) is 8.48. The molecule has 0 aliphatic heterocycles. The zero-order chi connectivity index (χ0) is 20.1. The predicted octanol–water partition coefficient (Wildman–Crippen LogP) is 4.44. The largest absolute Gasteiger partial charge is 0.319 e. The first-order valence-corrected chi connectivity index (χ1v) is 9.31. The average molecular weight is 386 g/mol. The molecule has 144 valence electrons. The van der Waals surface area contributed by atoms with E-state index in [1.165, 1.54) is 29.8 Å². The van der Waals surface area contributed by atoms with Crippen molar-refractivity contribution in [3.63, 3.8) is 0 Å². The molecular weight excluding hydrogens is 367 g/mol. The van der Waals surface area contributed by atoms with Crippen molar-refractivity contribution < 1.29 is 9.18 Å². The number of amides is 1. The molecule has 0 atom stereocenters. The number of nitrogens with zero attached hydrogens (tertiary/aromatic N) is 3. The fourth-order valence-electron chi connectivity index (χ4n) is 3.00. The van der Waals surface area contributed by atoms with Crippen LogP contribution in [0.5, 0.6) is 0 Å². The van der Waals surface area contributed by atoms with Crippen LogP contribution in [0.25, 0.3) is 5.69 Å². The van der Waals surface area contributed by atoms with Crippen LogP contribution in [0.4, 0.5) is 10.1 Å². The predicted molar refractivity (Wildman–Crippen MR) is 110 cm³/mol. The van der Waals surface area contributed by atoms with E-state index >= 15 is 0 Å². The first kappa shape index (κ1) is 18.6. The topological polar surface area (TPSA) is 59.8 Å². The van der Waals surface area contributed by atoms with E-state index in [9.17, 15) is 9.18 Å².